The predicted octanol–water partition coefficient (Wildman–Crippen LogP) is 1.73. The number of carbonyl (C=O) groups excluding carboxylic acids is 1. The number of hydrogen-bond acceptors (Lipinski definition) is 5. The second kappa shape index (κ2) is 7.88. The lowest BCUT2D eigenvalue weighted by atomic mass is 10.1. The highest BCUT2D eigenvalue weighted by Gasteiger charge is 2.13. The Bertz CT molecular complexity index is 630. The Morgan fingerprint density at radius 1 is 1.43 bits per heavy atom. The summed E-state index contributed by atoms with van der Waals surface area (Å²) >= 11 is 0. The Morgan fingerprint density at radius 2 is 2.14 bits per heavy atom. The molecule has 1 aromatic rings. The maximum absolute atomic E-state index is 11.6. The number of nitriles is 2. The molecule has 0 aromatic carbocycles. The molecule has 0 aliphatic rings. The molecule has 6 nitrogen and oxygen atoms in total. The molecule has 0 spiro atoms. The predicted molar refractivity (Wildman–Crippen MR) is 75.9 cm³/mol. The zero-order valence-corrected chi connectivity index (χ0v) is 12.3. The normalized spacial score (nSPS) is 10.8. The second-order valence-electron chi connectivity index (χ2n) is 4.37. The largest absolute Gasteiger partial charge is 0.446 e. The molecule has 0 atom stereocenters. The standard InChI is InChI=1S/C15H17N3O3/c1-11-8-13(12(2)18(11)5-7-20-3)9-14(10-17)15(19)21-6-4-16/h8-9H,5-7H2,1-3H3/b14-9-. The van der Waals surface area contributed by atoms with Crippen molar-refractivity contribution in [2.45, 2.75) is 20.4 Å². The molecule has 0 N–H and O–H groups in total. The fourth-order valence-corrected chi connectivity index (χ4v) is 1.97. The monoisotopic (exact) mass is 287 g/mol. The van der Waals surface area contributed by atoms with E-state index in [0.717, 1.165) is 17.0 Å². The van der Waals surface area contributed by atoms with Gasteiger partial charge in [0.15, 0.2) is 6.61 Å². The highest BCUT2D eigenvalue weighted by Crippen LogP contribution is 2.18. The minimum atomic E-state index is -0.791. The molecule has 0 saturated carbocycles. The van der Waals surface area contributed by atoms with E-state index >= 15 is 0 Å². The van der Waals surface area contributed by atoms with Crippen molar-refractivity contribution < 1.29 is 14.3 Å². The topological polar surface area (TPSA) is 88.0 Å². The maximum atomic E-state index is 11.6. The number of aryl methyl sites for hydroxylation is 1. The van der Waals surface area contributed by atoms with E-state index in [9.17, 15) is 4.79 Å². The number of methoxy groups -OCH3 is 1. The van der Waals surface area contributed by atoms with E-state index < -0.39 is 5.97 Å². The zero-order chi connectivity index (χ0) is 15.8. The first-order chi connectivity index (χ1) is 10.0. The summed E-state index contributed by atoms with van der Waals surface area (Å²) in [7, 11) is 1.63. The summed E-state index contributed by atoms with van der Waals surface area (Å²) in [5.41, 5.74) is 2.59. The highest BCUT2D eigenvalue weighted by molar-refractivity contribution is 5.98. The first kappa shape index (κ1) is 16.5. The fourth-order valence-electron chi connectivity index (χ4n) is 1.97. The smallest absolute Gasteiger partial charge is 0.349 e. The molecule has 1 heterocycles. The minimum absolute atomic E-state index is 0.128. The first-order valence-corrected chi connectivity index (χ1v) is 6.36. The Balaban J connectivity index is 3.05. The number of nitrogens with zero attached hydrogens (tertiary/aromatic N) is 3. The molecule has 0 fully saturated rings. The summed E-state index contributed by atoms with van der Waals surface area (Å²) in [6, 6.07) is 5.38. The average Bonchev–Trinajstić information content (AvgIpc) is 2.74. The van der Waals surface area contributed by atoms with Gasteiger partial charge in [-0.2, -0.15) is 10.5 Å². The summed E-state index contributed by atoms with van der Waals surface area (Å²) in [6.07, 6.45) is 1.48. The third kappa shape index (κ3) is 4.20. The summed E-state index contributed by atoms with van der Waals surface area (Å²) in [4.78, 5) is 11.6. The number of aromatic nitrogens is 1. The minimum Gasteiger partial charge on any atom is -0.446 e. The molecular weight excluding hydrogens is 270 g/mol. The van der Waals surface area contributed by atoms with Gasteiger partial charge in [-0.15, -0.1) is 0 Å². The quantitative estimate of drug-likeness (QED) is 0.451. The van der Waals surface area contributed by atoms with Gasteiger partial charge in [0.2, 0.25) is 0 Å². The van der Waals surface area contributed by atoms with Crippen LogP contribution in [0, 0.1) is 36.5 Å². The van der Waals surface area contributed by atoms with Gasteiger partial charge < -0.3 is 14.0 Å². The van der Waals surface area contributed by atoms with Crippen LogP contribution in [-0.2, 0) is 20.8 Å². The molecule has 0 bridgehead atoms. The lowest BCUT2D eigenvalue weighted by Crippen LogP contribution is -2.08. The Morgan fingerprint density at radius 3 is 2.71 bits per heavy atom. The van der Waals surface area contributed by atoms with Crippen LogP contribution in [0.1, 0.15) is 17.0 Å². The molecular formula is C15H17N3O3. The van der Waals surface area contributed by atoms with Crippen molar-refractivity contribution in [2.24, 2.45) is 0 Å². The number of esters is 1. The molecule has 1 aromatic heterocycles. The lowest BCUT2D eigenvalue weighted by Gasteiger charge is -2.08. The van der Waals surface area contributed by atoms with Crippen molar-refractivity contribution in [3.05, 3.63) is 28.6 Å². The molecule has 21 heavy (non-hydrogen) atoms. The lowest BCUT2D eigenvalue weighted by molar-refractivity contribution is -0.137. The fraction of sp³-hybridized carbons (Fsp3) is 0.400. The van der Waals surface area contributed by atoms with Gasteiger partial charge in [0, 0.05) is 25.0 Å². The van der Waals surface area contributed by atoms with Crippen molar-refractivity contribution in [2.75, 3.05) is 20.3 Å². The molecule has 0 aliphatic carbocycles. The Labute approximate surface area is 123 Å². The van der Waals surface area contributed by atoms with Crippen LogP contribution < -0.4 is 0 Å². The van der Waals surface area contributed by atoms with Crippen molar-refractivity contribution in [1.82, 2.24) is 4.57 Å². The summed E-state index contributed by atoms with van der Waals surface area (Å²) < 4.78 is 11.7. The van der Waals surface area contributed by atoms with E-state index in [2.05, 4.69) is 4.74 Å². The van der Waals surface area contributed by atoms with Gasteiger partial charge in [-0.05, 0) is 31.6 Å². The van der Waals surface area contributed by atoms with Crippen LogP contribution in [0.3, 0.4) is 0 Å². The van der Waals surface area contributed by atoms with Crippen molar-refractivity contribution in [1.29, 1.82) is 10.5 Å². The van der Waals surface area contributed by atoms with E-state index in [0.29, 0.717) is 13.2 Å². The van der Waals surface area contributed by atoms with Crippen LogP contribution in [0.5, 0.6) is 0 Å². The van der Waals surface area contributed by atoms with E-state index in [4.69, 9.17) is 15.3 Å². The van der Waals surface area contributed by atoms with Crippen molar-refractivity contribution in [3.63, 3.8) is 0 Å². The number of hydrogen-bond donors (Lipinski definition) is 0. The molecule has 0 radical (unpaired) electrons. The molecule has 0 unspecified atom stereocenters. The van der Waals surface area contributed by atoms with Gasteiger partial charge in [-0.3, -0.25) is 0 Å². The van der Waals surface area contributed by atoms with Gasteiger partial charge in [0.05, 0.1) is 6.61 Å². The van der Waals surface area contributed by atoms with Crippen molar-refractivity contribution >= 4 is 12.0 Å². The van der Waals surface area contributed by atoms with E-state index in [1.165, 1.54) is 6.08 Å². The summed E-state index contributed by atoms with van der Waals surface area (Å²) in [6.45, 7) is 4.76. The highest BCUT2D eigenvalue weighted by atomic mass is 16.5. The average molecular weight is 287 g/mol. The SMILES string of the molecule is COCCn1c(C)cc(/C=C(/C#N)C(=O)OCC#N)c1C. The van der Waals surface area contributed by atoms with Crippen LogP contribution in [0.15, 0.2) is 11.6 Å². The molecule has 110 valence electrons. The zero-order valence-electron chi connectivity index (χ0n) is 12.3. The van der Waals surface area contributed by atoms with Crippen LogP contribution in [0.25, 0.3) is 6.08 Å². The molecule has 0 amide bonds. The molecule has 6 heteroatoms. The van der Waals surface area contributed by atoms with Gasteiger partial charge >= 0.3 is 5.97 Å². The van der Waals surface area contributed by atoms with Crippen LogP contribution in [-0.4, -0.2) is 30.9 Å². The molecule has 0 saturated heterocycles. The van der Waals surface area contributed by atoms with Gasteiger partial charge in [-0.25, -0.2) is 4.79 Å². The van der Waals surface area contributed by atoms with Crippen molar-refractivity contribution in [3.8, 4) is 12.1 Å². The number of rotatable bonds is 6. The third-order valence-corrected chi connectivity index (χ3v) is 3.04. The van der Waals surface area contributed by atoms with Gasteiger partial charge in [0.25, 0.3) is 0 Å². The van der Waals surface area contributed by atoms with Crippen LogP contribution in [0.4, 0.5) is 0 Å². The molecule has 0 aliphatic heterocycles. The van der Waals surface area contributed by atoms with E-state index in [-0.39, 0.29) is 12.2 Å². The number of carbonyl (C=O) groups is 1. The van der Waals surface area contributed by atoms with E-state index in [1.54, 1.807) is 19.2 Å². The maximum Gasteiger partial charge on any atom is 0.349 e. The van der Waals surface area contributed by atoms with E-state index in [1.807, 2.05) is 24.5 Å². The molecule has 1 rings (SSSR count). The summed E-state index contributed by atoms with van der Waals surface area (Å²) in [5, 5.41) is 17.4. The summed E-state index contributed by atoms with van der Waals surface area (Å²) in [5.74, 6) is -0.791. The van der Waals surface area contributed by atoms with Crippen LogP contribution in [0.2, 0.25) is 0 Å². The van der Waals surface area contributed by atoms with Gasteiger partial charge in [-0.1, -0.05) is 0 Å². The third-order valence-electron chi connectivity index (χ3n) is 3.04. The second-order valence-corrected chi connectivity index (χ2v) is 4.37. The van der Waals surface area contributed by atoms with Gasteiger partial charge in [0.1, 0.15) is 17.7 Å². The van der Waals surface area contributed by atoms with Crippen LogP contribution >= 0.6 is 0 Å². The Hall–Kier alpha value is -2.57. The number of ether oxygens (including phenoxy) is 2. The first-order valence-electron chi connectivity index (χ1n) is 6.36. The Kier molecular flexibility index (Phi) is 6.19.